The van der Waals surface area contributed by atoms with Crippen LogP contribution in [0.3, 0.4) is 0 Å². The second-order valence-corrected chi connectivity index (χ2v) is 7.65. The summed E-state index contributed by atoms with van der Waals surface area (Å²) in [6.07, 6.45) is 13.7. The number of nitrogens with zero attached hydrogens (tertiary/aromatic N) is 2. The smallest absolute Gasteiger partial charge is 0.317 e. The van der Waals surface area contributed by atoms with Crippen LogP contribution in [0.15, 0.2) is 6.20 Å². The molecule has 2 fully saturated rings. The number of rotatable bonds is 4. The van der Waals surface area contributed by atoms with Crippen molar-refractivity contribution in [2.75, 3.05) is 6.54 Å². The summed E-state index contributed by atoms with van der Waals surface area (Å²) >= 11 is 0. The molecule has 0 aromatic carbocycles. The highest BCUT2D eigenvalue weighted by atomic mass is 16.2. The normalized spacial score (nSPS) is 25.0. The number of aromatic amines is 1. The Morgan fingerprint density at radius 1 is 1.22 bits per heavy atom. The zero-order valence-corrected chi connectivity index (χ0v) is 13.9. The molecule has 1 heterocycles. The average molecular weight is 316 g/mol. The molecule has 2 N–H and O–H groups in total. The van der Waals surface area contributed by atoms with Crippen molar-refractivity contribution in [3.05, 3.63) is 17.5 Å². The summed E-state index contributed by atoms with van der Waals surface area (Å²) in [6.45, 7) is 0.972. The van der Waals surface area contributed by atoms with E-state index < -0.39 is 0 Å². The van der Waals surface area contributed by atoms with E-state index in [1.807, 2.05) is 6.20 Å². The van der Waals surface area contributed by atoms with Crippen molar-refractivity contribution in [3.8, 4) is 0 Å². The standard InChI is InChI=1S/C18H28N4O/c23-18(20-15-8-9-17-14(10-15)11-19-21-17)22(12-13-6-7-13)16-4-2-1-3-5-16/h11,13,15-16H,1-10,12H2,(H,19,21)(H,20,23)/t15-/m0/s1. The van der Waals surface area contributed by atoms with Crippen LogP contribution in [-0.4, -0.2) is 39.8 Å². The summed E-state index contributed by atoms with van der Waals surface area (Å²) in [5.74, 6) is 0.759. The summed E-state index contributed by atoms with van der Waals surface area (Å²) in [7, 11) is 0. The number of carbonyl (C=O) groups excluding carboxylic acids is 1. The lowest BCUT2D eigenvalue weighted by atomic mass is 9.93. The molecule has 0 saturated heterocycles. The maximum absolute atomic E-state index is 12.9. The summed E-state index contributed by atoms with van der Waals surface area (Å²) in [5, 5.41) is 10.5. The molecule has 0 bridgehead atoms. The van der Waals surface area contributed by atoms with Gasteiger partial charge in [0, 0.05) is 24.3 Å². The van der Waals surface area contributed by atoms with Crippen LogP contribution in [-0.2, 0) is 12.8 Å². The van der Waals surface area contributed by atoms with Crippen molar-refractivity contribution in [2.24, 2.45) is 5.92 Å². The predicted molar refractivity (Wildman–Crippen MR) is 89.2 cm³/mol. The van der Waals surface area contributed by atoms with Crippen molar-refractivity contribution in [1.29, 1.82) is 0 Å². The third kappa shape index (κ3) is 3.54. The number of H-pyrrole nitrogens is 1. The molecule has 1 aromatic rings. The molecule has 1 atom stereocenters. The quantitative estimate of drug-likeness (QED) is 0.897. The summed E-state index contributed by atoms with van der Waals surface area (Å²) < 4.78 is 0. The molecule has 5 heteroatoms. The number of aryl methyl sites for hydroxylation is 1. The Hall–Kier alpha value is -1.52. The molecule has 23 heavy (non-hydrogen) atoms. The van der Waals surface area contributed by atoms with Gasteiger partial charge in [-0.15, -0.1) is 0 Å². The van der Waals surface area contributed by atoms with Gasteiger partial charge >= 0.3 is 6.03 Å². The van der Waals surface area contributed by atoms with Crippen LogP contribution in [0, 0.1) is 5.92 Å². The fourth-order valence-electron chi connectivity index (χ4n) is 4.17. The monoisotopic (exact) mass is 316 g/mol. The lowest BCUT2D eigenvalue weighted by Gasteiger charge is -2.36. The first-order valence-electron chi connectivity index (χ1n) is 9.38. The van der Waals surface area contributed by atoms with Gasteiger partial charge in [0.2, 0.25) is 0 Å². The van der Waals surface area contributed by atoms with E-state index in [9.17, 15) is 4.79 Å². The molecule has 0 radical (unpaired) electrons. The number of aromatic nitrogens is 2. The largest absolute Gasteiger partial charge is 0.335 e. The molecule has 0 unspecified atom stereocenters. The molecule has 2 saturated carbocycles. The fourth-order valence-corrected chi connectivity index (χ4v) is 4.17. The van der Waals surface area contributed by atoms with E-state index in [2.05, 4.69) is 20.4 Å². The van der Waals surface area contributed by atoms with Gasteiger partial charge in [0.1, 0.15) is 0 Å². The molecule has 126 valence electrons. The molecule has 3 aliphatic carbocycles. The topological polar surface area (TPSA) is 61.0 Å². The van der Waals surface area contributed by atoms with Gasteiger partial charge < -0.3 is 10.2 Å². The van der Waals surface area contributed by atoms with E-state index in [1.54, 1.807) is 0 Å². The minimum absolute atomic E-state index is 0.181. The third-order valence-electron chi connectivity index (χ3n) is 5.77. The SMILES string of the molecule is O=C(N[C@H]1CCc2[nH]ncc2C1)N(CC1CC1)C1CCCCC1. The van der Waals surface area contributed by atoms with E-state index >= 15 is 0 Å². The van der Waals surface area contributed by atoms with Crippen LogP contribution in [0.25, 0.3) is 0 Å². The zero-order chi connectivity index (χ0) is 15.6. The highest BCUT2D eigenvalue weighted by Crippen LogP contribution is 2.32. The number of amides is 2. The molecule has 4 rings (SSSR count). The van der Waals surface area contributed by atoms with Gasteiger partial charge in [-0.2, -0.15) is 5.10 Å². The highest BCUT2D eigenvalue weighted by molar-refractivity contribution is 5.75. The van der Waals surface area contributed by atoms with Crippen LogP contribution < -0.4 is 5.32 Å². The van der Waals surface area contributed by atoms with Crippen molar-refractivity contribution in [3.63, 3.8) is 0 Å². The molecular weight excluding hydrogens is 288 g/mol. The van der Waals surface area contributed by atoms with Crippen LogP contribution in [0.5, 0.6) is 0 Å². The van der Waals surface area contributed by atoms with E-state index in [0.29, 0.717) is 6.04 Å². The van der Waals surface area contributed by atoms with Gasteiger partial charge in [-0.05, 0) is 56.4 Å². The summed E-state index contributed by atoms with van der Waals surface area (Å²) in [4.78, 5) is 15.1. The van der Waals surface area contributed by atoms with E-state index in [-0.39, 0.29) is 12.1 Å². The number of carbonyl (C=O) groups is 1. The Morgan fingerprint density at radius 3 is 2.83 bits per heavy atom. The number of nitrogens with one attached hydrogen (secondary N) is 2. The molecule has 0 spiro atoms. The second-order valence-electron chi connectivity index (χ2n) is 7.65. The van der Waals surface area contributed by atoms with Crippen LogP contribution >= 0.6 is 0 Å². The van der Waals surface area contributed by atoms with Crippen molar-refractivity contribution < 1.29 is 4.79 Å². The number of urea groups is 1. The van der Waals surface area contributed by atoms with Crippen LogP contribution in [0.4, 0.5) is 4.79 Å². The van der Waals surface area contributed by atoms with E-state index in [0.717, 1.165) is 31.7 Å². The minimum Gasteiger partial charge on any atom is -0.335 e. The molecule has 1 aromatic heterocycles. The number of fused-ring (bicyclic) bond motifs is 1. The van der Waals surface area contributed by atoms with Crippen LogP contribution in [0.1, 0.15) is 62.6 Å². The Kier molecular flexibility index (Phi) is 4.27. The fraction of sp³-hybridized carbons (Fsp3) is 0.778. The maximum atomic E-state index is 12.9. The summed E-state index contributed by atoms with van der Waals surface area (Å²) in [5.41, 5.74) is 2.52. The Bertz CT molecular complexity index is 545. The molecule has 5 nitrogen and oxygen atoms in total. The lowest BCUT2D eigenvalue weighted by Crippen LogP contribution is -2.51. The number of hydrogen-bond acceptors (Lipinski definition) is 2. The first-order valence-corrected chi connectivity index (χ1v) is 9.38. The zero-order valence-electron chi connectivity index (χ0n) is 13.9. The van der Waals surface area contributed by atoms with Crippen LogP contribution in [0.2, 0.25) is 0 Å². The van der Waals surface area contributed by atoms with Gasteiger partial charge in [-0.1, -0.05) is 19.3 Å². The van der Waals surface area contributed by atoms with Gasteiger partial charge in [0.05, 0.1) is 6.20 Å². The van der Waals surface area contributed by atoms with Crippen molar-refractivity contribution >= 4 is 6.03 Å². The van der Waals surface area contributed by atoms with Gasteiger partial charge in [-0.25, -0.2) is 4.79 Å². The molecular formula is C18H28N4O. The molecule has 3 aliphatic rings. The van der Waals surface area contributed by atoms with Gasteiger partial charge in [0.25, 0.3) is 0 Å². The van der Waals surface area contributed by atoms with E-state index in [4.69, 9.17) is 0 Å². The lowest BCUT2D eigenvalue weighted by molar-refractivity contribution is 0.148. The Labute approximate surface area is 138 Å². The first-order chi connectivity index (χ1) is 11.3. The summed E-state index contributed by atoms with van der Waals surface area (Å²) in [6, 6.07) is 0.913. The van der Waals surface area contributed by atoms with Crippen molar-refractivity contribution in [2.45, 2.75) is 76.3 Å². The highest BCUT2D eigenvalue weighted by Gasteiger charge is 2.33. The second kappa shape index (κ2) is 6.54. The maximum Gasteiger partial charge on any atom is 0.317 e. The predicted octanol–water partition coefficient (Wildman–Crippen LogP) is 3.02. The number of hydrogen-bond donors (Lipinski definition) is 2. The molecule has 2 amide bonds. The Morgan fingerprint density at radius 2 is 2.04 bits per heavy atom. The minimum atomic E-state index is 0.181. The first kappa shape index (κ1) is 15.0. The molecule has 0 aliphatic heterocycles. The third-order valence-corrected chi connectivity index (χ3v) is 5.77. The van der Waals surface area contributed by atoms with Gasteiger partial charge in [0.15, 0.2) is 0 Å². The van der Waals surface area contributed by atoms with Crippen molar-refractivity contribution in [1.82, 2.24) is 20.4 Å². The average Bonchev–Trinajstić information content (AvgIpc) is 3.28. The van der Waals surface area contributed by atoms with E-state index in [1.165, 1.54) is 56.2 Å². The van der Waals surface area contributed by atoms with Gasteiger partial charge in [-0.3, -0.25) is 5.10 Å². The Balaban J connectivity index is 1.38.